The number of methoxy groups -OCH3 is 1. The molecule has 2 N–H and O–H groups in total. The van der Waals surface area contributed by atoms with Crippen LogP contribution in [0, 0.1) is 18.6 Å². The molecule has 0 aliphatic carbocycles. The summed E-state index contributed by atoms with van der Waals surface area (Å²) in [6.07, 6.45) is -0.939. The lowest BCUT2D eigenvalue weighted by Gasteiger charge is -2.22. The molecule has 1 heterocycles. The first kappa shape index (κ1) is 27.3. The van der Waals surface area contributed by atoms with Crippen molar-refractivity contribution >= 4 is 17.5 Å². The monoisotopic (exact) mass is 534 g/mol. The van der Waals surface area contributed by atoms with Gasteiger partial charge in [0, 0.05) is 31.9 Å². The standard InChI is InChI=1S/C29H28F2N4O4/c1-18-25(30)27(38-24-10-6-9-21(16-24)20-8-5-7-19(15-20)17-32)33-28(26(18)31)39-35(29(36)37-4)23-13-11-22(12-14-23)34(2)3/h5-16H,17,32H2,1-4H3. The highest BCUT2D eigenvalue weighted by Crippen LogP contribution is 2.33. The lowest BCUT2D eigenvalue weighted by Crippen LogP contribution is -2.35. The second-order valence-electron chi connectivity index (χ2n) is 8.78. The number of carbonyl (C=O) groups excluding carboxylic acids is 1. The van der Waals surface area contributed by atoms with Crippen LogP contribution in [-0.2, 0) is 11.3 Å². The fourth-order valence-corrected chi connectivity index (χ4v) is 3.72. The van der Waals surface area contributed by atoms with Crippen LogP contribution >= 0.6 is 0 Å². The number of hydrogen-bond donors (Lipinski definition) is 1. The molecule has 4 rings (SSSR count). The minimum Gasteiger partial charge on any atom is -0.450 e. The van der Waals surface area contributed by atoms with Gasteiger partial charge in [-0.1, -0.05) is 30.3 Å². The van der Waals surface area contributed by atoms with Crippen molar-refractivity contribution in [2.24, 2.45) is 5.73 Å². The molecule has 0 saturated carbocycles. The van der Waals surface area contributed by atoms with Gasteiger partial charge in [-0.15, -0.1) is 5.06 Å². The number of benzene rings is 3. The Morgan fingerprint density at radius 3 is 2.15 bits per heavy atom. The number of nitrogens with two attached hydrogens (primary N) is 1. The minimum absolute atomic E-state index is 0.241. The number of halogens is 2. The van der Waals surface area contributed by atoms with Crippen molar-refractivity contribution < 1.29 is 27.9 Å². The zero-order chi connectivity index (χ0) is 28.1. The molecule has 4 aromatic rings. The van der Waals surface area contributed by atoms with E-state index in [-0.39, 0.29) is 11.4 Å². The van der Waals surface area contributed by atoms with E-state index in [1.807, 2.05) is 49.3 Å². The molecule has 0 aliphatic heterocycles. The maximum Gasteiger partial charge on any atom is 0.447 e. The second kappa shape index (κ2) is 11.8. The fourth-order valence-electron chi connectivity index (χ4n) is 3.72. The number of pyridine rings is 1. The molecule has 0 spiro atoms. The fraction of sp³-hybridized carbons (Fsp3) is 0.172. The van der Waals surface area contributed by atoms with E-state index in [0.29, 0.717) is 6.54 Å². The topological polar surface area (TPSA) is 90.1 Å². The Morgan fingerprint density at radius 2 is 1.51 bits per heavy atom. The van der Waals surface area contributed by atoms with Crippen molar-refractivity contribution in [3.63, 3.8) is 0 Å². The van der Waals surface area contributed by atoms with Crippen LogP contribution in [0.1, 0.15) is 11.1 Å². The summed E-state index contributed by atoms with van der Waals surface area (Å²) in [5.41, 5.74) is 9.11. The molecule has 10 heteroatoms. The SMILES string of the molecule is COC(=O)N(Oc1nc(Oc2cccc(-c3cccc(CN)c3)c2)c(F)c(C)c1F)c1ccc(N(C)C)cc1. The summed E-state index contributed by atoms with van der Waals surface area (Å²) in [5, 5.41) is 0.719. The zero-order valence-electron chi connectivity index (χ0n) is 21.9. The van der Waals surface area contributed by atoms with Gasteiger partial charge in [0.15, 0.2) is 11.6 Å². The lowest BCUT2D eigenvalue weighted by molar-refractivity contribution is 0.143. The van der Waals surface area contributed by atoms with Gasteiger partial charge in [-0.3, -0.25) is 0 Å². The number of hydroxylamine groups is 1. The third-order valence-corrected chi connectivity index (χ3v) is 5.90. The number of aromatic nitrogens is 1. The van der Waals surface area contributed by atoms with E-state index >= 15 is 8.78 Å². The average molecular weight is 535 g/mol. The van der Waals surface area contributed by atoms with Crippen LogP contribution in [0.3, 0.4) is 0 Å². The highest BCUT2D eigenvalue weighted by atomic mass is 19.1. The number of anilines is 2. The average Bonchev–Trinajstić information content (AvgIpc) is 2.96. The molecule has 0 bridgehead atoms. The first-order valence-electron chi connectivity index (χ1n) is 12.0. The summed E-state index contributed by atoms with van der Waals surface area (Å²) in [4.78, 5) is 23.8. The minimum atomic E-state index is -1.09. The summed E-state index contributed by atoms with van der Waals surface area (Å²) >= 11 is 0. The van der Waals surface area contributed by atoms with Crippen LogP contribution in [0.4, 0.5) is 25.0 Å². The molecular weight excluding hydrogens is 506 g/mol. The van der Waals surface area contributed by atoms with Crippen molar-refractivity contribution in [3.05, 3.63) is 95.6 Å². The maximum absolute atomic E-state index is 15.1. The number of nitrogens with zero attached hydrogens (tertiary/aromatic N) is 3. The van der Waals surface area contributed by atoms with Gasteiger partial charge in [-0.25, -0.2) is 13.6 Å². The van der Waals surface area contributed by atoms with Crippen molar-refractivity contribution in [1.29, 1.82) is 0 Å². The van der Waals surface area contributed by atoms with Crippen molar-refractivity contribution in [2.45, 2.75) is 13.5 Å². The Labute approximate surface area is 225 Å². The van der Waals surface area contributed by atoms with Crippen LogP contribution in [0.5, 0.6) is 17.5 Å². The van der Waals surface area contributed by atoms with E-state index in [1.54, 1.807) is 42.5 Å². The first-order chi connectivity index (χ1) is 18.7. The quantitative estimate of drug-likeness (QED) is 0.269. The molecule has 0 fully saturated rings. The van der Waals surface area contributed by atoms with Crippen LogP contribution in [-0.4, -0.2) is 32.3 Å². The third-order valence-electron chi connectivity index (χ3n) is 5.90. The van der Waals surface area contributed by atoms with Crippen molar-refractivity contribution in [2.75, 3.05) is 31.2 Å². The molecule has 202 valence electrons. The van der Waals surface area contributed by atoms with Crippen LogP contribution in [0.2, 0.25) is 0 Å². The second-order valence-corrected chi connectivity index (χ2v) is 8.78. The van der Waals surface area contributed by atoms with E-state index in [2.05, 4.69) is 4.98 Å². The van der Waals surface area contributed by atoms with Gasteiger partial charge in [0.05, 0.1) is 12.8 Å². The van der Waals surface area contributed by atoms with E-state index in [1.165, 1.54) is 6.92 Å². The highest BCUT2D eigenvalue weighted by Gasteiger charge is 2.26. The van der Waals surface area contributed by atoms with Crippen molar-refractivity contribution in [3.8, 4) is 28.6 Å². The Kier molecular flexibility index (Phi) is 8.26. The highest BCUT2D eigenvalue weighted by molar-refractivity contribution is 5.86. The smallest absolute Gasteiger partial charge is 0.447 e. The van der Waals surface area contributed by atoms with Gasteiger partial charge in [-0.05, 0) is 66.1 Å². The normalized spacial score (nSPS) is 10.6. The van der Waals surface area contributed by atoms with E-state index < -0.39 is 35.1 Å². The molecule has 0 aliphatic rings. The summed E-state index contributed by atoms with van der Waals surface area (Å²) in [7, 11) is 4.87. The number of hydrogen-bond acceptors (Lipinski definition) is 7. The molecule has 0 atom stereocenters. The number of amides is 1. The zero-order valence-corrected chi connectivity index (χ0v) is 21.9. The molecule has 0 radical (unpaired) electrons. The van der Waals surface area contributed by atoms with E-state index in [9.17, 15) is 4.79 Å². The molecule has 0 saturated heterocycles. The van der Waals surface area contributed by atoms with Gasteiger partial charge in [0.25, 0.3) is 11.8 Å². The van der Waals surface area contributed by atoms with Gasteiger partial charge >= 0.3 is 6.09 Å². The number of ether oxygens (including phenoxy) is 2. The summed E-state index contributed by atoms with van der Waals surface area (Å²) in [6.45, 7) is 1.61. The van der Waals surface area contributed by atoms with Crippen LogP contribution in [0.15, 0.2) is 72.8 Å². The summed E-state index contributed by atoms with van der Waals surface area (Å²) in [6, 6.07) is 21.2. The molecule has 1 amide bonds. The van der Waals surface area contributed by atoms with Gasteiger partial charge in [-0.2, -0.15) is 4.98 Å². The van der Waals surface area contributed by atoms with E-state index in [0.717, 1.165) is 34.6 Å². The van der Waals surface area contributed by atoms with Crippen molar-refractivity contribution in [1.82, 2.24) is 4.98 Å². The maximum atomic E-state index is 15.1. The van der Waals surface area contributed by atoms with Crippen LogP contribution in [0.25, 0.3) is 11.1 Å². The molecule has 39 heavy (non-hydrogen) atoms. The Hall–Kier alpha value is -4.70. The van der Waals surface area contributed by atoms with Gasteiger partial charge in [0.2, 0.25) is 0 Å². The summed E-state index contributed by atoms with van der Waals surface area (Å²) in [5.74, 6) is -3.03. The van der Waals surface area contributed by atoms with Crippen LogP contribution < -0.4 is 25.3 Å². The lowest BCUT2D eigenvalue weighted by atomic mass is 10.0. The Morgan fingerprint density at radius 1 is 0.897 bits per heavy atom. The Bertz CT molecular complexity index is 1480. The number of carbonyl (C=O) groups is 1. The molecule has 3 aromatic carbocycles. The predicted octanol–water partition coefficient (Wildman–Crippen LogP) is 6.22. The van der Waals surface area contributed by atoms with E-state index in [4.69, 9.17) is 20.0 Å². The van der Waals surface area contributed by atoms with Gasteiger partial charge in [0.1, 0.15) is 5.75 Å². The summed E-state index contributed by atoms with van der Waals surface area (Å²) < 4.78 is 40.6. The molecule has 8 nitrogen and oxygen atoms in total. The largest absolute Gasteiger partial charge is 0.450 e. The first-order valence-corrected chi connectivity index (χ1v) is 12.0. The molecule has 0 unspecified atom stereocenters. The third kappa shape index (κ3) is 6.07. The molecular formula is C29H28F2N4O4. The molecule has 1 aromatic heterocycles. The number of rotatable bonds is 8. The Balaban J connectivity index is 1.67. The van der Waals surface area contributed by atoms with Gasteiger partial charge < -0.3 is 24.9 Å². The predicted molar refractivity (Wildman–Crippen MR) is 145 cm³/mol.